The van der Waals surface area contributed by atoms with Crippen LogP contribution in [-0.4, -0.2) is 44.0 Å². The molecule has 1 saturated heterocycles. The summed E-state index contributed by atoms with van der Waals surface area (Å²) < 4.78 is 20.3. The summed E-state index contributed by atoms with van der Waals surface area (Å²) in [6.45, 7) is 1.49. The van der Waals surface area contributed by atoms with Gasteiger partial charge in [0.05, 0.1) is 12.3 Å². The van der Waals surface area contributed by atoms with Crippen LogP contribution in [0.4, 0.5) is 10.2 Å². The van der Waals surface area contributed by atoms with Crippen molar-refractivity contribution >= 4 is 34.9 Å². The summed E-state index contributed by atoms with van der Waals surface area (Å²) in [7, 11) is 0. The Kier molecular flexibility index (Phi) is 5.50. The van der Waals surface area contributed by atoms with E-state index in [1.807, 2.05) is 0 Å². The first-order valence-electron chi connectivity index (χ1n) is 7.75. The molecule has 3 N–H and O–H groups in total. The summed E-state index contributed by atoms with van der Waals surface area (Å²) in [5.41, 5.74) is -0.939. The van der Waals surface area contributed by atoms with Crippen LogP contribution in [0.3, 0.4) is 0 Å². The summed E-state index contributed by atoms with van der Waals surface area (Å²) in [5.74, 6) is -2.43. The zero-order chi connectivity index (χ0) is 19.9. The maximum Gasteiger partial charge on any atom is 0.351 e. The van der Waals surface area contributed by atoms with Gasteiger partial charge in [0, 0.05) is 15.6 Å². The second-order valence-corrected chi connectivity index (χ2v) is 6.83. The van der Waals surface area contributed by atoms with Gasteiger partial charge in [-0.15, -0.1) is 0 Å². The molecule has 0 saturated carbocycles. The Bertz CT molecular complexity index is 934. The van der Waals surface area contributed by atoms with Crippen LogP contribution in [0.5, 0.6) is 0 Å². The number of amides is 1. The molecule has 144 valence electrons. The highest BCUT2D eigenvalue weighted by Gasteiger charge is 2.42. The van der Waals surface area contributed by atoms with Crippen molar-refractivity contribution in [3.63, 3.8) is 0 Å². The number of benzene rings is 1. The lowest BCUT2D eigenvalue weighted by molar-refractivity contribution is -0.0355. The molecule has 11 heteroatoms. The summed E-state index contributed by atoms with van der Waals surface area (Å²) in [6.07, 6.45) is -4.01. The Balaban J connectivity index is 1.87. The number of aromatic nitrogens is 2. The molecule has 1 fully saturated rings. The predicted molar refractivity (Wildman–Crippen MR) is 94.5 cm³/mol. The van der Waals surface area contributed by atoms with Gasteiger partial charge in [-0.2, -0.15) is 4.98 Å². The predicted octanol–water partition coefficient (Wildman–Crippen LogP) is 1.58. The highest BCUT2D eigenvalue weighted by Crippen LogP contribution is 2.28. The highest BCUT2D eigenvalue weighted by molar-refractivity contribution is 6.35. The van der Waals surface area contributed by atoms with Gasteiger partial charge in [-0.1, -0.05) is 23.2 Å². The third-order valence-corrected chi connectivity index (χ3v) is 4.45. The minimum atomic E-state index is -1.44. The highest BCUT2D eigenvalue weighted by atomic mass is 35.5. The standard InChI is InChI=1S/C16H14Cl2FN3O5/c1-6-11(23)12(24)15(27-6)22-5-10(19)13(21-16(22)26)20-14(25)7-2-8(17)4-9(18)3-7/h2-6,11-12,15,23-24H,1H3,(H,20,21,25,26)/t6-,11-,12-,15-/m1/s1. The van der Waals surface area contributed by atoms with E-state index in [-0.39, 0.29) is 15.6 Å². The van der Waals surface area contributed by atoms with Gasteiger partial charge in [0.1, 0.15) is 12.2 Å². The van der Waals surface area contributed by atoms with Gasteiger partial charge in [0.2, 0.25) is 0 Å². The van der Waals surface area contributed by atoms with E-state index in [1.165, 1.54) is 25.1 Å². The smallest absolute Gasteiger partial charge is 0.351 e. The van der Waals surface area contributed by atoms with E-state index < -0.39 is 47.8 Å². The Morgan fingerprint density at radius 3 is 2.44 bits per heavy atom. The van der Waals surface area contributed by atoms with Gasteiger partial charge in [-0.3, -0.25) is 9.36 Å². The van der Waals surface area contributed by atoms with E-state index in [0.29, 0.717) is 4.57 Å². The van der Waals surface area contributed by atoms with Crippen LogP contribution in [0.1, 0.15) is 23.5 Å². The molecule has 1 aromatic carbocycles. The Labute approximate surface area is 162 Å². The molecule has 8 nitrogen and oxygen atoms in total. The molecule has 2 heterocycles. The molecule has 3 rings (SSSR count). The van der Waals surface area contributed by atoms with E-state index in [4.69, 9.17) is 27.9 Å². The lowest BCUT2D eigenvalue weighted by Gasteiger charge is -2.17. The van der Waals surface area contributed by atoms with Crippen molar-refractivity contribution in [3.05, 3.63) is 56.3 Å². The quantitative estimate of drug-likeness (QED) is 0.698. The topological polar surface area (TPSA) is 114 Å². The SMILES string of the molecule is C[C@H]1O[C@@H](n2cc(F)c(NC(=O)c3cc(Cl)cc(Cl)c3)nc2=O)[C@H](O)[C@@H]1O. The lowest BCUT2D eigenvalue weighted by Crippen LogP contribution is -2.36. The zero-order valence-electron chi connectivity index (χ0n) is 13.8. The third-order valence-electron chi connectivity index (χ3n) is 4.01. The Morgan fingerprint density at radius 1 is 1.26 bits per heavy atom. The van der Waals surface area contributed by atoms with Gasteiger partial charge < -0.3 is 20.3 Å². The number of hydrogen-bond donors (Lipinski definition) is 3. The summed E-state index contributed by atoms with van der Waals surface area (Å²) in [6, 6.07) is 4.04. The number of anilines is 1. The average molecular weight is 418 g/mol. The van der Waals surface area contributed by atoms with Gasteiger partial charge in [-0.05, 0) is 25.1 Å². The maximum atomic E-state index is 14.4. The first-order valence-corrected chi connectivity index (χ1v) is 8.50. The second kappa shape index (κ2) is 7.53. The normalized spacial score (nSPS) is 24.8. The number of nitrogens with zero attached hydrogens (tertiary/aromatic N) is 2. The minimum Gasteiger partial charge on any atom is -0.388 e. The number of hydrogen-bond acceptors (Lipinski definition) is 6. The van der Waals surface area contributed by atoms with Crippen molar-refractivity contribution in [2.45, 2.75) is 31.5 Å². The molecule has 0 aliphatic carbocycles. The molecule has 0 radical (unpaired) electrons. The summed E-state index contributed by atoms with van der Waals surface area (Å²) >= 11 is 11.6. The van der Waals surface area contributed by atoms with Gasteiger partial charge in [-0.25, -0.2) is 9.18 Å². The van der Waals surface area contributed by atoms with Crippen molar-refractivity contribution < 1.29 is 24.1 Å². The lowest BCUT2D eigenvalue weighted by atomic mass is 10.1. The van der Waals surface area contributed by atoms with Gasteiger partial charge >= 0.3 is 5.69 Å². The van der Waals surface area contributed by atoms with Crippen molar-refractivity contribution in [2.24, 2.45) is 0 Å². The zero-order valence-corrected chi connectivity index (χ0v) is 15.3. The summed E-state index contributed by atoms with van der Waals surface area (Å²) in [4.78, 5) is 27.9. The number of nitrogens with one attached hydrogen (secondary N) is 1. The number of carbonyl (C=O) groups excluding carboxylic acids is 1. The summed E-state index contributed by atoms with van der Waals surface area (Å²) in [5, 5.41) is 22.2. The molecule has 0 bridgehead atoms. The minimum absolute atomic E-state index is 0.0457. The fraction of sp³-hybridized carbons (Fsp3) is 0.312. The molecule has 4 atom stereocenters. The number of halogens is 3. The molecule has 27 heavy (non-hydrogen) atoms. The van der Waals surface area contributed by atoms with Gasteiger partial charge in [0.25, 0.3) is 5.91 Å². The van der Waals surface area contributed by atoms with Crippen LogP contribution in [-0.2, 0) is 4.74 Å². The largest absolute Gasteiger partial charge is 0.388 e. The fourth-order valence-electron chi connectivity index (χ4n) is 2.64. The number of carbonyl (C=O) groups is 1. The molecule has 1 aromatic heterocycles. The number of aliphatic hydroxyl groups excluding tert-OH is 2. The molecule has 1 aliphatic heterocycles. The molecular weight excluding hydrogens is 404 g/mol. The molecular formula is C16H14Cl2FN3O5. The number of ether oxygens (including phenoxy) is 1. The molecule has 1 amide bonds. The van der Waals surface area contributed by atoms with E-state index in [0.717, 1.165) is 6.20 Å². The van der Waals surface area contributed by atoms with Crippen molar-refractivity contribution in [1.82, 2.24) is 9.55 Å². The van der Waals surface area contributed by atoms with E-state index in [9.17, 15) is 24.2 Å². The van der Waals surface area contributed by atoms with Crippen molar-refractivity contribution in [3.8, 4) is 0 Å². The third kappa shape index (κ3) is 3.97. The molecule has 1 aliphatic rings. The molecule has 0 spiro atoms. The van der Waals surface area contributed by atoms with E-state index in [2.05, 4.69) is 10.3 Å². The van der Waals surface area contributed by atoms with Crippen LogP contribution in [0.2, 0.25) is 10.0 Å². The van der Waals surface area contributed by atoms with Crippen LogP contribution in [0.15, 0.2) is 29.2 Å². The van der Waals surface area contributed by atoms with Crippen LogP contribution >= 0.6 is 23.2 Å². The van der Waals surface area contributed by atoms with Crippen molar-refractivity contribution in [2.75, 3.05) is 5.32 Å². The van der Waals surface area contributed by atoms with Crippen LogP contribution < -0.4 is 11.0 Å². The first-order chi connectivity index (χ1) is 12.7. The van der Waals surface area contributed by atoms with E-state index in [1.54, 1.807) is 0 Å². The average Bonchev–Trinajstić information content (AvgIpc) is 2.84. The van der Waals surface area contributed by atoms with Crippen LogP contribution in [0, 0.1) is 5.82 Å². The molecule has 2 aromatic rings. The van der Waals surface area contributed by atoms with Gasteiger partial charge in [0.15, 0.2) is 17.9 Å². The van der Waals surface area contributed by atoms with Crippen LogP contribution in [0.25, 0.3) is 0 Å². The maximum absolute atomic E-state index is 14.4. The van der Waals surface area contributed by atoms with Crippen molar-refractivity contribution in [1.29, 1.82) is 0 Å². The Morgan fingerprint density at radius 2 is 1.89 bits per heavy atom. The van der Waals surface area contributed by atoms with E-state index >= 15 is 0 Å². The Hall–Kier alpha value is -2.04. The first kappa shape index (κ1) is 19.7. The fourth-order valence-corrected chi connectivity index (χ4v) is 3.16. The molecule has 0 unspecified atom stereocenters. The monoisotopic (exact) mass is 417 g/mol. The second-order valence-electron chi connectivity index (χ2n) is 5.95. The number of rotatable bonds is 3. The number of aliphatic hydroxyl groups is 2.